The van der Waals surface area contributed by atoms with Gasteiger partial charge < -0.3 is 10.1 Å². The van der Waals surface area contributed by atoms with E-state index in [1.807, 2.05) is 0 Å². The van der Waals surface area contributed by atoms with Crippen LogP contribution in [0, 0.1) is 0 Å². The fourth-order valence-corrected chi connectivity index (χ4v) is 3.33. The molecule has 0 aliphatic rings. The van der Waals surface area contributed by atoms with Crippen LogP contribution in [0.1, 0.15) is 0 Å². The first kappa shape index (κ1) is 19.0. The topological polar surface area (TPSA) is 114 Å². The van der Waals surface area contributed by atoms with Gasteiger partial charge in [-0.2, -0.15) is 0 Å². The van der Waals surface area contributed by atoms with Crippen LogP contribution in [0.25, 0.3) is 0 Å². The van der Waals surface area contributed by atoms with Crippen LogP contribution in [0.15, 0.2) is 34.1 Å². The average Bonchev–Trinajstić information content (AvgIpc) is 2.51. The summed E-state index contributed by atoms with van der Waals surface area (Å²) in [5.41, 5.74) is 0. The predicted octanol–water partition coefficient (Wildman–Crippen LogP) is -0.891. The second-order valence-electron chi connectivity index (χ2n) is 4.32. The summed E-state index contributed by atoms with van der Waals surface area (Å²) < 4.78 is 56.6. The maximum atomic E-state index is 12.0. The van der Waals surface area contributed by atoms with Gasteiger partial charge in [-0.15, -0.1) is 0 Å². The van der Waals surface area contributed by atoms with E-state index in [4.69, 9.17) is 4.74 Å². The molecule has 1 aromatic carbocycles. The van der Waals surface area contributed by atoms with Crippen LogP contribution in [0.2, 0.25) is 0 Å². The van der Waals surface area contributed by atoms with Crippen molar-refractivity contribution in [2.75, 3.05) is 40.4 Å². The highest BCUT2D eigenvalue weighted by molar-refractivity contribution is 7.90. The molecule has 8 nitrogen and oxygen atoms in total. The molecule has 0 radical (unpaired) electrons. The fraction of sp³-hybridized carbons (Fsp3) is 0.500. The molecule has 0 unspecified atom stereocenters. The Morgan fingerprint density at radius 2 is 1.45 bits per heavy atom. The largest absolute Gasteiger partial charge is 0.383 e. The van der Waals surface area contributed by atoms with E-state index >= 15 is 0 Å². The zero-order valence-electron chi connectivity index (χ0n) is 12.5. The average molecular weight is 351 g/mol. The number of nitrogens with one attached hydrogen (secondary N) is 3. The summed E-state index contributed by atoms with van der Waals surface area (Å²) >= 11 is 0. The van der Waals surface area contributed by atoms with Crippen molar-refractivity contribution in [2.24, 2.45) is 0 Å². The lowest BCUT2D eigenvalue weighted by Gasteiger charge is -2.08. The minimum Gasteiger partial charge on any atom is -0.383 e. The van der Waals surface area contributed by atoms with E-state index in [9.17, 15) is 16.8 Å². The maximum Gasteiger partial charge on any atom is 0.240 e. The molecule has 0 bridgehead atoms. The summed E-state index contributed by atoms with van der Waals surface area (Å²) in [6, 6.07) is 5.00. The van der Waals surface area contributed by atoms with Crippen LogP contribution < -0.4 is 14.8 Å². The van der Waals surface area contributed by atoms with E-state index in [1.165, 1.54) is 31.3 Å². The van der Waals surface area contributed by atoms with Gasteiger partial charge in [-0.3, -0.25) is 0 Å². The Morgan fingerprint density at radius 1 is 0.909 bits per heavy atom. The summed E-state index contributed by atoms with van der Waals surface area (Å²) in [6.45, 7) is 1.88. The molecule has 0 saturated heterocycles. The molecule has 0 heterocycles. The van der Waals surface area contributed by atoms with Crippen LogP contribution in [0.3, 0.4) is 0 Å². The molecular formula is C12H21N3O5S2. The first-order valence-corrected chi connectivity index (χ1v) is 9.53. The van der Waals surface area contributed by atoms with Gasteiger partial charge in [0.1, 0.15) is 0 Å². The minimum absolute atomic E-state index is 0.00943. The second-order valence-corrected chi connectivity index (χ2v) is 7.97. The summed E-state index contributed by atoms with van der Waals surface area (Å²) in [6.07, 6.45) is 0. The van der Waals surface area contributed by atoms with Gasteiger partial charge in [0.25, 0.3) is 0 Å². The lowest BCUT2D eigenvalue weighted by Crippen LogP contribution is -2.33. The fourth-order valence-electron chi connectivity index (χ4n) is 1.57. The molecule has 0 spiro atoms. The molecule has 1 rings (SSSR count). The molecule has 126 valence electrons. The zero-order valence-corrected chi connectivity index (χ0v) is 14.1. The molecule has 0 amide bonds. The highest BCUT2D eigenvalue weighted by Crippen LogP contribution is 2.13. The van der Waals surface area contributed by atoms with Gasteiger partial charge in [-0.25, -0.2) is 26.3 Å². The Kier molecular flexibility index (Phi) is 7.39. The van der Waals surface area contributed by atoms with E-state index < -0.39 is 20.0 Å². The quantitative estimate of drug-likeness (QED) is 0.471. The molecule has 0 atom stereocenters. The molecule has 3 N–H and O–H groups in total. The Balaban J connectivity index is 2.62. The predicted molar refractivity (Wildman–Crippen MR) is 82.6 cm³/mol. The van der Waals surface area contributed by atoms with E-state index in [1.54, 1.807) is 7.11 Å². The van der Waals surface area contributed by atoms with Crippen molar-refractivity contribution in [3.05, 3.63) is 24.3 Å². The van der Waals surface area contributed by atoms with Crippen molar-refractivity contribution < 1.29 is 21.6 Å². The van der Waals surface area contributed by atoms with Gasteiger partial charge in [0.2, 0.25) is 20.0 Å². The monoisotopic (exact) mass is 351 g/mol. The Morgan fingerprint density at radius 3 is 1.95 bits per heavy atom. The number of hydrogen-bond donors (Lipinski definition) is 3. The van der Waals surface area contributed by atoms with Gasteiger partial charge >= 0.3 is 0 Å². The highest BCUT2D eigenvalue weighted by Gasteiger charge is 2.16. The van der Waals surface area contributed by atoms with Crippen LogP contribution in [0.4, 0.5) is 0 Å². The van der Waals surface area contributed by atoms with Crippen molar-refractivity contribution in [1.82, 2.24) is 14.8 Å². The summed E-state index contributed by atoms with van der Waals surface area (Å²) in [4.78, 5) is 0.0228. The van der Waals surface area contributed by atoms with E-state index in [2.05, 4.69) is 14.8 Å². The molecular weight excluding hydrogens is 330 g/mol. The standard InChI is InChI=1S/C12H21N3O5S2/c1-13-21(16,17)11-3-5-12(6-4-11)22(18,19)15-8-7-14-9-10-20-2/h3-6,13-15H,7-10H2,1-2H3. The first-order valence-electron chi connectivity index (χ1n) is 6.56. The van der Waals surface area contributed by atoms with Crippen molar-refractivity contribution in [3.8, 4) is 0 Å². The Bertz CT molecular complexity index is 657. The van der Waals surface area contributed by atoms with E-state index in [-0.39, 0.29) is 16.3 Å². The summed E-state index contributed by atoms with van der Waals surface area (Å²) in [7, 11) is -4.36. The van der Waals surface area contributed by atoms with Crippen LogP contribution in [-0.4, -0.2) is 57.2 Å². The number of rotatable bonds is 10. The van der Waals surface area contributed by atoms with Crippen LogP contribution in [-0.2, 0) is 24.8 Å². The van der Waals surface area contributed by atoms with Gasteiger partial charge in [-0.05, 0) is 31.3 Å². The Hall–Kier alpha value is -1.04. The molecule has 0 aromatic heterocycles. The summed E-state index contributed by atoms with van der Waals surface area (Å²) in [5, 5.41) is 3.01. The number of hydrogen-bond acceptors (Lipinski definition) is 6. The molecule has 0 saturated carbocycles. The van der Waals surface area contributed by atoms with Gasteiger partial charge in [0.05, 0.1) is 16.4 Å². The number of methoxy groups -OCH3 is 1. The van der Waals surface area contributed by atoms with Crippen molar-refractivity contribution in [1.29, 1.82) is 0 Å². The van der Waals surface area contributed by atoms with E-state index in [0.717, 1.165) is 0 Å². The molecule has 10 heteroatoms. The van der Waals surface area contributed by atoms with Crippen LogP contribution in [0.5, 0.6) is 0 Å². The van der Waals surface area contributed by atoms with E-state index in [0.29, 0.717) is 19.7 Å². The number of sulfonamides is 2. The third kappa shape index (κ3) is 5.63. The molecule has 0 fully saturated rings. The van der Waals surface area contributed by atoms with Gasteiger partial charge in [0, 0.05) is 26.7 Å². The number of benzene rings is 1. The molecule has 1 aromatic rings. The smallest absolute Gasteiger partial charge is 0.240 e. The van der Waals surface area contributed by atoms with Gasteiger partial charge in [-0.1, -0.05) is 0 Å². The molecule has 0 aliphatic heterocycles. The van der Waals surface area contributed by atoms with Crippen LogP contribution >= 0.6 is 0 Å². The zero-order chi connectivity index (χ0) is 16.6. The first-order chi connectivity index (χ1) is 10.3. The van der Waals surface area contributed by atoms with Gasteiger partial charge in [0.15, 0.2) is 0 Å². The summed E-state index contributed by atoms with van der Waals surface area (Å²) in [5.74, 6) is 0. The van der Waals surface area contributed by atoms with Crippen molar-refractivity contribution in [2.45, 2.75) is 9.79 Å². The normalized spacial score (nSPS) is 12.5. The maximum absolute atomic E-state index is 12.0. The second kappa shape index (κ2) is 8.56. The highest BCUT2D eigenvalue weighted by atomic mass is 32.2. The van der Waals surface area contributed by atoms with Crippen molar-refractivity contribution >= 4 is 20.0 Å². The minimum atomic E-state index is -3.66. The lowest BCUT2D eigenvalue weighted by atomic mass is 10.4. The molecule has 22 heavy (non-hydrogen) atoms. The third-order valence-electron chi connectivity index (χ3n) is 2.79. The SMILES string of the molecule is CNS(=O)(=O)c1ccc(S(=O)(=O)NCCNCCOC)cc1. The Labute approximate surface area is 131 Å². The molecule has 0 aliphatic carbocycles. The number of ether oxygens (including phenoxy) is 1. The van der Waals surface area contributed by atoms with Crippen molar-refractivity contribution in [3.63, 3.8) is 0 Å². The third-order valence-corrected chi connectivity index (χ3v) is 5.70. The lowest BCUT2D eigenvalue weighted by molar-refractivity contribution is 0.199.